The van der Waals surface area contributed by atoms with Crippen LogP contribution in [0.5, 0.6) is 0 Å². The van der Waals surface area contributed by atoms with E-state index in [1.807, 2.05) is 4.90 Å². The number of carbonyl (C=O) groups is 1. The van der Waals surface area contributed by atoms with Crippen molar-refractivity contribution < 1.29 is 4.79 Å². The molecule has 24 heavy (non-hydrogen) atoms. The summed E-state index contributed by atoms with van der Waals surface area (Å²) in [6.07, 6.45) is 3.75. The first-order valence-corrected chi connectivity index (χ1v) is 8.76. The van der Waals surface area contributed by atoms with E-state index < -0.39 is 0 Å². The predicted octanol–water partition coefficient (Wildman–Crippen LogP) is 5.00. The van der Waals surface area contributed by atoms with Crippen LogP contribution in [0.25, 0.3) is 0 Å². The molecule has 2 heterocycles. The Kier molecular flexibility index (Phi) is 5.27. The molecule has 126 valence electrons. The molecule has 2 aromatic rings. The van der Waals surface area contributed by atoms with Gasteiger partial charge in [-0.2, -0.15) is 0 Å². The highest BCUT2D eigenvalue weighted by molar-refractivity contribution is 6.36. The molecule has 1 N–H and O–H groups in total. The maximum absolute atomic E-state index is 12.6. The lowest BCUT2D eigenvalue weighted by Crippen LogP contribution is -2.37. The van der Waals surface area contributed by atoms with Gasteiger partial charge in [-0.25, -0.2) is 4.98 Å². The van der Waals surface area contributed by atoms with Crippen molar-refractivity contribution in [3.05, 3.63) is 52.1 Å². The lowest BCUT2D eigenvalue weighted by atomic mass is 9.99. The molecule has 1 aromatic carbocycles. The van der Waals surface area contributed by atoms with Crippen molar-refractivity contribution in [3.63, 3.8) is 0 Å². The van der Waals surface area contributed by atoms with E-state index in [0.29, 0.717) is 33.0 Å². The molecule has 1 aliphatic heterocycles. The van der Waals surface area contributed by atoms with Gasteiger partial charge in [0, 0.05) is 29.9 Å². The molecule has 0 spiro atoms. The van der Waals surface area contributed by atoms with Gasteiger partial charge in [-0.1, -0.05) is 30.1 Å². The highest BCUT2D eigenvalue weighted by atomic mass is 35.5. The maximum atomic E-state index is 12.6. The van der Waals surface area contributed by atoms with E-state index in [1.54, 1.807) is 36.5 Å². The van der Waals surface area contributed by atoms with Gasteiger partial charge in [-0.15, -0.1) is 0 Å². The molecular formula is C18H19Cl2N3O. The van der Waals surface area contributed by atoms with Gasteiger partial charge in [0.1, 0.15) is 5.82 Å². The van der Waals surface area contributed by atoms with Crippen LogP contribution in [-0.4, -0.2) is 28.9 Å². The van der Waals surface area contributed by atoms with E-state index in [4.69, 9.17) is 23.2 Å². The number of anilines is 2. The van der Waals surface area contributed by atoms with Gasteiger partial charge in [0.25, 0.3) is 5.91 Å². The van der Waals surface area contributed by atoms with Crippen molar-refractivity contribution in [2.45, 2.75) is 19.8 Å². The van der Waals surface area contributed by atoms with Crippen molar-refractivity contribution >= 4 is 40.6 Å². The average molecular weight is 364 g/mol. The maximum Gasteiger partial charge on any atom is 0.254 e. The van der Waals surface area contributed by atoms with Crippen LogP contribution in [0.15, 0.2) is 36.5 Å². The molecule has 3 rings (SSSR count). The zero-order valence-electron chi connectivity index (χ0n) is 13.4. The van der Waals surface area contributed by atoms with Gasteiger partial charge < -0.3 is 10.2 Å². The zero-order chi connectivity index (χ0) is 17.1. The summed E-state index contributed by atoms with van der Waals surface area (Å²) in [5.74, 6) is 1.32. The summed E-state index contributed by atoms with van der Waals surface area (Å²) in [6, 6.07) is 8.70. The minimum atomic E-state index is 0.0505. The summed E-state index contributed by atoms with van der Waals surface area (Å²) in [5.41, 5.74) is 1.33. The molecular weight excluding hydrogens is 345 g/mol. The Hall–Kier alpha value is -1.78. The highest BCUT2D eigenvalue weighted by Crippen LogP contribution is 2.28. The summed E-state index contributed by atoms with van der Waals surface area (Å²) in [6.45, 7) is 3.86. The Balaban J connectivity index is 1.75. The Morgan fingerprint density at radius 1 is 1.21 bits per heavy atom. The molecule has 1 amide bonds. The first-order valence-electron chi connectivity index (χ1n) is 8.00. The second-order valence-corrected chi connectivity index (χ2v) is 7.00. The van der Waals surface area contributed by atoms with Gasteiger partial charge in [0.2, 0.25) is 0 Å². The molecule has 4 nitrogen and oxygen atoms in total. The summed E-state index contributed by atoms with van der Waals surface area (Å²) < 4.78 is 0. The standard InChI is InChI=1S/C18H19Cl2N3O/c1-12-5-8-23(9-6-12)18(24)13-4-7-21-17(10-13)22-16-3-2-14(19)11-15(16)20/h2-4,7,10-12H,5-6,8-9H2,1H3,(H,21,22). The third-order valence-electron chi connectivity index (χ3n) is 4.27. The van der Waals surface area contributed by atoms with Crippen LogP contribution in [-0.2, 0) is 0 Å². The van der Waals surface area contributed by atoms with Crippen molar-refractivity contribution in [2.75, 3.05) is 18.4 Å². The number of aromatic nitrogens is 1. The van der Waals surface area contributed by atoms with E-state index in [9.17, 15) is 4.79 Å². The summed E-state index contributed by atoms with van der Waals surface area (Å²) in [7, 11) is 0. The SMILES string of the molecule is CC1CCN(C(=O)c2ccnc(Nc3ccc(Cl)cc3Cl)c2)CC1. The van der Waals surface area contributed by atoms with E-state index in [1.165, 1.54) is 0 Å². The predicted molar refractivity (Wildman–Crippen MR) is 98.3 cm³/mol. The number of nitrogens with zero attached hydrogens (tertiary/aromatic N) is 2. The molecule has 0 unspecified atom stereocenters. The van der Waals surface area contributed by atoms with E-state index in [-0.39, 0.29) is 5.91 Å². The molecule has 0 atom stereocenters. The number of benzene rings is 1. The Bertz CT molecular complexity index is 743. The van der Waals surface area contributed by atoms with E-state index in [2.05, 4.69) is 17.2 Å². The molecule has 1 saturated heterocycles. The van der Waals surface area contributed by atoms with Crippen LogP contribution >= 0.6 is 23.2 Å². The van der Waals surface area contributed by atoms with Crippen molar-refractivity contribution in [3.8, 4) is 0 Å². The number of hydrogen-bond acceptors (Lipinski definition) is 3. The molecule has 0 saturated carbocycles. The minimum absolute atomic E-state index is 0.0505. The second-order valence-electron chi connectivity index (χ2n) is 6.15. The fourth-order valence-electron chi connectivity index (χ4n) is 2.76. The molecule has 0 bridgehead atoms. The van der Waals surface area contributed by atoms with Crippen LogP contribution < -0.4 is 5.32 Å². The molecule has 0 radical (unpaired) electrons. The Labute approximate surface area is 151 Å². The van der Waals surface area contributed by atoms with Crippen LogP contribution in [0.1, 0.15) is 30.1 Å². The van der Waals surface area contributed by atoms with Crippen molar-refractivity contribution in [2.24, 2.45) is 5.92 Å². The number of nitrogens with one attached hydrogen (secondary N) is 1. The molecule has 0 aliphatic carbocycles. The molecule has 1 aliphatic rings. The minimum Gasteiger partial charge on any atom is -0.339 e. The first-order chi connectivity index (χ1) is 11.5. The fraction of sp³-hybridized carbons (Fsp3) is 0.333. The first kappa shape index (κ1) is 17.1. The smallest absolute Gasteiger partial charge is 0.254 e. The van der Waals surface area contributed by atoms with Gasteiger partial charge in [-0.05, 0) is 49.1 Å². The quantitative estimate of drug-likeness (QED) is 0.833. The second kappa shape index (κ2) is 7.41. The van der Waals surface area contributed by atoms with Gasteiger partial charge >= 0.3 is 0 Å². The zero-order valence-corrected chi connectivity index (χ0v) is 14.9. The van der Waals surface area contributed by atoms with Gasteiger partial charge in [-0.3, -0.25) is 4.79 Å². The lowest BCUT2D eigenvalue weighted by molar-refractivity contribution is 0.0697. The summed E-state index contributed by atoms with van der Waals surface area (Å²) in [5, 5.41) is 4.21. The highest BCUT2D eigenvalue weighted by Gasteiger charge is 2.21. The van der Waals surface area contributed by atoms with Crippen molar-refractivity contribution in [1.82, 2.24) is 9.88 Å². The van der Waals surface area contributed by atoms with Crippen LogP contribution in [0.4, 0.5) is 11.5 Å². The van der Waals surface area contributed by atoms with Crippen LogP contribution in [0, 0.1) is 5.92 Å². The van der Waals surface area contributed by atoms with Gasteiger partial charge in [0.05, 0.1) is 10.7 Å². The number of pyridine rings is 1. The van der Waals surface area contributed by atoms with E-state index >= 15 is 0 Å². The van der Waals surface area contributed by atoms with Crippen molar-refractivity contribution in [1.29, 1.82) is 0 Å². The number of amides is 1. The lowest BCUT2D eigenvalue weighted by Gasteiger charge is -2.30. The van der Waals surface area contributed by atoms with Gasteiger partial charge in [0.15, 0.2) is 0 Å². The topological polar surface area (TPSA) is 45.2 Å². The van der Waals surface area contributed by atoms with Crippen LogP contribution in [0.2, 0.25) is 10.0 Å². The Morgan fingerprint density at radius 3 is 2.67 bits per heavy atom. The third-order valence-corrected chi connectivity index (χ3v) is 4.82. The number of likely N-dealkylation sites (tertiary alicyclic amines) is 1. The Morgan fingerprint density at radius 2 is 1.96 bits per heavy atom. The number of halogens is 2. The number of piperidine rings is 1. The molecule has 6 heteroatoms. The van der Waals surface area contributed by atoms with E-state index in [0.717, 1.165) is 25.9 Å². The molecule has 1 aromatic heterocycles. The third kappa shape index (κ3) is 4.00. The monoisotopic (exact) mass is 363 g/mol. The fourth-order valence-corrected chi connectivity index (χ4v) is 3.21. The number of rotatable bonds is 3. The summed E-state index contributed by atoms with van der Waals surface area (Å²) >= 11 is 12.1. The molecule has 1 fully saturated rings. The van der Waals surface area contributed by atoms with Crippen LogP contribution in [0.3, 0.4) is 0 Å². The largest absolute Gasteiger partial charge is 0.339 e. The average Bonchev–Trinajstić information content (AvgIpc) is 2.58. The summed E-state index contributed by atoms with van der Waals surface area (Å²) in [4.78, 5) is 18.8. The number of carbonyl (C=O) groups excluding carboxylic acids is 1. The normalized spacial score (nSPS) is 15.4. The number of hydrogen-bond donors (Lipinski definition) is 1.